The Bertz CT molecular complexity index is 290. The molecular formula is C14H28N2O3. The summed E-state index contributed by atoms with van der Waals surface area (Å²) in [4.78, 5) is 22.2. The summed E-state index contributed by atoms with van der Waals surface area (Å²) in [5, 5.41) is 11.5. The first-order valence-electron chi connectivity index (χ1n) is 7.03. The van der Waals surface area contributed by atoms with Gasteiger partial charge in [0.05, 0.1) is 6.04 Å². The number of rotatable bonds is 10. The van der Waals surface area contributed by atoms with Gasteiger partial charge in [0.15, 0.2) is 0 Å². The van der Waals surface area contributed by atoms with E-state index in [0.29, 0.717) is 19.4 Å². The monoisotopic (exact) mass is 272 g/mol. The van der Waals surface area contributed by atoms with Crippen LogP contribution in [0.2, 0.25) is 0 Å². The van der Waals surface area contributed by atoms with Crippen LogP contribution in [0.15, 0.2) is 0 Å². The molecule has 0 aromatic rings. The fourth-order valence-electron chi connectivity index (χ4n) is 1.78. The summed E-state index contributed by atoms with van der Waals surface area (Å²) in [5.41, 5.74) is 5.68. The molecule has 0 rings (SSSR count). The van der Waals surface area contributed by atoms with Crippen LogP contribution in [0.1, 0.15) is 59.3 Å². The maximum absolute atomic E-state index is 11.7. The zero-order valence-corrected chi connectivity index (χ0v) is 12.4. The molecule has 1 atom stereocenters. The lowest BCUT2D eigenvalue weighted by Gasteiger charge is -2.24. The van der Waals surface area contributed by atoms with Gasteiger partial charge >= 0.3 is 5.97 Å². The predicted molar refractivity (Wildman–Crippen MR) is 75.8 cm³/mol. The molecule has 5 heteroatoms. The summed E-state index contributed by atoms with van der Waals surface area (Å²) in [6.45, 7) is 6.64. The Hall–Kier alpha value is -1.10. The molecule has 19 heavy (non-hydrogen) atoms. The normalized spacial score (nSPS) is 13.1. The molecule has 0 spiro atoms. The van der Waals surface area contributed by atoms with Crippen molar-refractivity contribution in [2.24, 2.45) is 11.1 Å². The zero-order valence-electron chi connectivity index (χ0n) is 12.4. The van der Waals surface area contributed by atoms with E-state index < -0.39 is 12.0 Å². The topological polar surface area (TPSA) is 92.4 Å². The Morgan fingerprint density at radius 3 is 2.47 bits per heavy atom. The Morgan fingerprint density at radius 1 is 1.32 bits per heavy atom. The summed E-state index contributed by atoms with van der Waals surface area (Å²) >= 11 is 0. The highest BCUT2D eigenvalue weighted by Crippen LogP contribution is 2.25. The van der Waals surface area contributed by atoms with Gasteiger partial charge in [-0.05, 0) is 24.7 Å². The van der Waals surface area contributed by atoms with Crippen molar-refractivity contribution in [3.63, 3.8) is 0 Å². The van der Waals surface area contributed by atoms with Crippen molar-refractivity contribution >= 4 is 11.9 Å². The summed E-state index contributed by atoms with van der Waals surface area (Å²) in [5.74, 6) is -0.888. The fraction of sp³-hybridized carbons (Fsp3) is 0.857. The molecule has 1 amide bonds. The molecule has 0 unspecified atom stereocenters. The van der Waals surface area contributed by atoms with Gasteiger partial charge in [0.2, 0.25) is 5.91 Å². The summed E-state index contributed by atoms with van der Waals surface area (Å²) in [7, 11) is 0. The maximum Gasteiger partial charge on any atom is 0.303 e. The van der Waals surface area contributed by atoms with Gasteiger partial charge in [-0.3, -0.25) is 9.59 Å². The minimum atomic E-state index is -0.779. The van der Waals surface area contributed by atoms with E-state index in [9.17, 15) is 9.59 Å². The number of nitrogens with one attached hydrogen (secondary N) is 1. The molecule has 5 nitrogen and oxygen atoms in total. The number of carbonyl (C=O) groups excluding carboxylic acids is 1. The van der Waals surface area contributed by atoms with E-state index in [1.807, 2.05) is 13.8 Å². The second kappa shape index (κ2) is 8.91. The fourth-order valence-corrected chi connectivity index (χ4v) is 1.78. The van der Waals surface area contributed by atoms with Crippen LogP contribution in [0.3, 0.4) is 0 Å². The lowest BCUT2D eigenvalue weighted by Crippen LogP contribution is -2.41. The van der Waals surface area contributed by atoms with Gasteiger partial charge < -0.3 is 16.2 Å². The van der Waals surface area contributed by atoms with Crippen LogP contribution in [0.25, 0.3) is 0 Å². The first kappa shape index (κ1) is 17.9. The Balaban J connectivity index is 3.87. The van der Waals surface area contributed by atoms with Crippen molar-refractivity contribution in [3.8, 4) is 0 Å². The number of unbranched alkanes of at least 4 members (excludes halogenated alkanes) is 1. The molecule has 0 fully saturated rings. The number of aliphatic carboxylic acids is 1. The number of carboxylic acid groups (broad SMARTS) is 1. The highest BCUT2D eigenvalue weighted by Gasteiger charge is 2.20. The van der Waals surface area contributed by atoms with E-state index in [-0.39, 0.29) is 17.7 Å². The average molecular weight is 272 g/mol. The number of hydrogen-bond donors (Lipinski definition) is 3. The van der Waals surface area contributed by atoms with Gasteiger partial charge in [-0.1, -0.05) is 33.6 Å². The van der Waals surface area contributed by atoms with Gasteiger partial charge in [0, 0.05) is 13.0 Å². The Kier molecular flexibility index (Phi) is 8.39. The van der Waals surface area contributed by atoms with Crippen molar-refractivity contribution in [3.05, 3.63) is 0 Å². The minimum absolute atomic E-state index is 0.0841. The summed E-state index contributed by atoms with van der Waals surface area (Å²) in [6, 6.07) is -0.429. The molecular weight excluding hydrogens is 244 g/mol. The van der Waals surface area contributed by atoms with E-state index in [4.69, 9.17) is 10.8 Å². The molecule has 0 saturated carbocycles. The lowest BCUT2D eigenvalue weighted by molar-refractivity contribution is -0.137. The van der Waals surface area contributed by atoms with Crippen LogP contribution < -0.4 is 11.1 Å². The van der Waals surface area contributed by atoms with E-state index >= 15 is 0 Å². The molecule has 0 aliphatic carbocycles. The van der Waals surface area contributed by atoms with Crippen LogP contribution in [-0.4, -0.2) is 29.6 Å². The highest BCUT2D eigenvalue weighted by atomic mass is 16.4. The smallest absolute Gasteiger partial charge is 0.303 e. The average Bonchev–Trinajstić information content (AvgIpc) is 2.33. The van der Waals surface area contributed by atoms with Crippen molar-refractivity contribution in [2.75, 3.05) is 6.54 Å². The van der Waals surface area contributed by atoms with E-state index in [1.165, 1.54) is 0 Å². The molecule has 112 valence electrons. The van der Waals surface area contributed by atoms with Gasteiger partial charge in [0.1, 0.15) is 0 Å². The molecule has 0 aliphatic rings. The second-order valence-electron chi connectivity index (χ2n) is 5.85. The molecule has 0 aromatic carbocycles. The SMILES string of the molecule is CCCC[C@H](N)C(=O)NCCC(C)(C)CCC(=O)O. The van der Waals surface area contributed by atoms with Crippen molar-refractivity contribution in [2.45, 2.75) is 65.3 Å². The largest absolute Gasteiger partial charge is 0.481 e. The van der Waals surface area contributed by atoms with Crippen molar-refractivity contribution in [1.82, 2.24) is 5.32 Å². The maximum atomic E-state index is 11.7. The van der Waals surface area contributed by atoms with E-state index in [1.54, 1.807) is 0 Å². The Morgan fingerprint density at radius 2 is 1.95 bits per heavy atom. The number of carbonyl (C=O) groups is 2. The van der Waals surface area contributed by atoms with Gasteiger partial charge in [-0.15, -0.1) is 0 Å². The van der Waals surface area contributed by atoms with Crippen LogP contribution in [0.4, 0.5) is 0 Å². The third-order valence-corrected chi connectivity index (χ3v) is 3.32. The zero-order chi connectivity index (χ0) is 14.9. The van der Waals surface area contributed by atoms with Crippen LogP contribution >= 0.6 is 0 Å². The molecule has 0 heterocycles. The van der Waals surface area contributed by atoms with E-state index in [0.717, 1.165) is 19.3 Å². The number of carboxylic acids is 1. The van der Waals surface area contributed by atoms with Crippen molar-refractivity contribution < 1.29 is 14.7 Å². The number of amides is 1. The molecule has 0 aromatic heterocycles. The quantitative estimate of drug-likeness (QED) is 0.566. The first-order chi connectivity index (χ1) is 8.78. The molecule has 0 saturated heterocycles. The number of nitrogens with two attached hydrogens (primary N) is 1. The van der Waals surface area contributed by atoms with Crippen LogP contribution in [0.5, 0.6) is 0 Å². The first-order valence-corrected chi connectivity index (χ1v) is 7.03. The van der Waals surface area contributed by atoms with Gasteiger partial charge in [-0.2, -0.15) is 0 Å². The lowest BCUT2D eigenvalue weighted by atomic mass is 9.84. The third kappa shape index (κ3) is 9.47. The van der Waals surface area contributed by atoms with Crippen molar-refractivity contribution in [1.29, 1.82) is 0 Å². The predicted octanol–water partition coefficient (Wildman–Crippen LogP) is 1.90. The third-order valence-electron chi connectivity index (χ3n) is 3.32. The number of hydrogen-bond acceptors (Lipinski definition) is 3. The molecule has 0 aliphatic heterocycles. The minimum Gasteiger partial charge on any atom is -0.481 e. The Labute approximate surface area is 115 Å². The van der Waals surface area contributed by atoms with Crippen LogP contribution in [-0.2, 0) is 9.59 Å². The van der Waals surface area contributed by atoms with Gasteiger partial charge in [0.25, 0.3) is 0 Å². The second-order valence-corrected chi connectivity index (χ2v) is 5.85. The van der Waals surface area contributed by atoms with Gasteiger partial charge in [-0.25, -0.2) is 0 Å². The van der Waals surface area contributed by atoms with Crippen LogP contribution in [0, 0.1) is 5.41 Å². The standard InChI is InChI=1S/C14H28N2O3/c1-4-5-6-11(15)13(19)16-10-9-14(2,3)8-7-12(17)18/h11H,4-10,15H2,1-3H3,(H,16,19)(H,17,18)/t11-/m0/s1. The molecule has 0 radical (unpaired) electrons. The van der Waals surface area contributed by atoms with E-state index in [2.05, 4.69) is 12.2 Å². The summed E-state index contributed by atoms with van der Waals surface area (Å²) < 4.78 is 0. The highest BCUT2D eigenvalue weighted by molar-refractivity contribution is 5.81. The summed E-state index contributed by atoms with van der Waals surface area (Å²) in [6.07, 6.45) is 4.23. The molecule has 4 N–H and O–H groups in total. The molecule has 0 bridgehead atoms.